The van der Waals surface area contributed by atoms with E-state index in [1.807, 2.05) is 0 Å². The number of hydrogen-bond donors (Lipinski definition) is 2. The molecule has 2 aliphatic rings. The summed E-state index contributed by atoms with van der Waals surface area (Å²) in [6.45, 7) is 9.88. The van der Waals surface area contributed by atoms with E-state index >= 15 is 0 Å². The fourth-order valence-corrected chi connectivity index (χ4v) is 3.51. The van der Waals surface area contributed by atoms with Crippen LogP contribution in [0.5, 0.6) is 0 Å². The predicted molar refractivity (Wildman–Crippen MR) is 106 cm³/mol. The molecule has 1 aliphatic carbocycles. The van der Waals surface area contributed by atoms with E-state index in [1.54, 1.807) is 0 Å². The molecule has 0 bridgehead atoms. The van der Waals surface area contributed by atoms with Gasteiger partial charge in [0.15, 0.2) is 0 Å². The van der Waals surface area contributed by atoms with E-state index in [4.69, 9.17) is 9.97 Å². The molecule has 4 rings (SSSR count). The molecule has 0 amide bonds. The maximum atomic E-state index is 4.88. The van der Waals surface area contributed by atoms with Crippen molar-refractivity contribution in [3.05, 3.63) is 29.6 Å². The first-order valence-electron chi connectivity index (χ1n) is 9.17. The topological polar surface area (TPSA) is 53.1 Å². The number of rotatable bonds is 5. The molecule has 1 saturated heterocycles. The summed E-state index contributed by atoms with van der Waals surface area (Å²) >= 11 is 0. The van der Waals surface area contributed by atoms with E-state index in [1.165, 1.54) is 18.4 Å². The highest BCUT2D eigenvalue weighted by molar-refractivity contribution is 5.91. The van der Waals surface area contributed by atoms with Gasteiger partial charge in [-0.1, -0.05) is 12.1 Å². The number of aromatic nitrogens is 2. The van der Waals surface area contributed by atoms with Gasteiger partial charge in [-0.05, 0) is 38.3 Å². The van der Waals surface area contributed by atoms with Gasteiger partial charge in [0.25, 0.3) is 0 Å². The van der Waals surface area contributed by atoms with Crippen LogP contribution in [0.1, 0.15) is 37.1 Å². The summed E-state index contributed by atoms with van der Waals surface area (Å²) in [6.07, 6.45) is 2.46. The van der Waals surface area contributed by atoms with Crippen LogP contribution < -0.4 is 10.6 Å². The SMILES string of the molecule is Cc1cccc2c(N[C@@H](C)CN3CCNCC3)nc(C3CC3)nc12.Cl. The number of nitrogens with zero attached hydrogens (tertiary/aromatic N) is 3. The molecule has 1 atom stereocenters. The van der Waals surface area contributed by atoms with E-state index in [0.29, 0.717) is 12.0 Å². The van der Waals surface area contributed by atoms with E-state index < -0.39 is 0 Å². The predicted octanol–water partition coefficient (Wildman–Crippen LogP) is 2.94. The first kappa shape index (κ1) is 18.4. The third-order valence-electron chi connectivity index (χ3n) is 5.01. The van der Waals surface area contributed by atoms with Crippen LogP contribution in [0.25, 0.3) is 10.9 Å². The molecule has 2 heterocycles. The van der Waals surface area contributed by atoms with Crippen LogP contribution in [0, 0.1) is 6.92 Å². The van der Waals surface area contributed by atoms with Crippen molar-refractivity contribution in [2.75, 3.05) is 38.0 Å². The van der Waals surface area contributed by atoms with Crippen LogP contribution in [0.3, 0.4) is 0 Å². The molecule has 2 aromatic rings. The van der Waals surface area contributed by atoms with Crippen molar-refractivity contribution >= 4 is 29.1 Å². The lowest BCUT2D eigenvalue weighted by Gasteiger charge is -2.30. The lowest BCUT2D eigenvalue weighted by molar-refractivity contribution is 0.235. The fraction of sp³-hybridized carbons (Fsp3) is 0.579. The van der Waals surface area contributed by atoms with Crippen molar-refractivity contribution in [1.82, 2.24) is 20.2 Å². The summed E-state index contributed by atoms with van der Waals surface area (Å²) in [5, 5.41) is 8.23. The van der Waals surface area contributed by atoms with Gasteiger partial charge < -0.3 is 10.6 Å². The van der Waals surface area contributed by atoms with Gasteiger partial charge in [0.2, 0.25) is 0 Å². The Morgan fingerprint density at radius 1 is 1.24 bits per heavy atom. The Kier molecular flexibility index (Phi) is 5.77. The zero-order valence-corrected chi connectivity index (χ0v) is 15.9. The van der Waals surface area contributed by atoms with Crippen LogP contribution in [-0.4, -0.2) is 53.6 Å². The van der Waals surface area contributed by atoms with Crippen molar-refractivity contribution in [3.63, 3.8) is 0 Å². The summed E-state index contributed by atoms with van der Waals surface area (Å²) < 4.78 is 0. The monoisotopic (exact) mass is 361 g/mol. The number of hydrogen-bond acceptors (Lipinski definition) is 5. The third kappa shape index (κ3) is 4.22. The Balaban J connectivity index is 0.00000182. The molecule has 6 heteroatoms. The second-order valence-electron chi connectivity index (χ2n) is 7.27. The Bertz CT molecular complexity index is 725. The second-order valence-corrected chi connectivity index (χ2v) is 7.27. The van der Waals surface area contributed by atoms with Crippen molar-refractivity contribution in [2.45, 2.75) is 38.6 Å². The van der Waals surface area contributed by atoms with Gasteiger partial charge in [-0.15, -0.1) is 12.4 Å². The smallest absolute Gasteiger partial charge is 0.137 e. The molecule has 5 nitrogen and oxygen atoms in total. The summed E-state index contributed by atoms with van der Waals surface area (Å²) in [5.41, 5.74) is 2.33. The molecule has 1 aromatic heterocycles. The Morgan fingerprint density at radius 3 is 2.72 bits per heavy atom. The van der Waals surface area contributed by atoms with Crippen molar-refractivity contribution in [2.24, 2.45) is 0 Å². The maximum Gasteiger partial charge on any atom is 0.137 e. The largest absolute Gasteiger partial charge is 0.366 e. The third-order valence-corrected chi connectivity index (χ3v) is 5.01. The highest BCUT2D eigenvalue weighted by atomic mass is 35.5. The van der Waals surface area contributed by atoms with Crippen molar-refractivity contribution in [1.29, 1.82) is 0 Å². The average Bonchev–Trinajstić information content (AvgIpc) is 3.41. The standard InChI is InChI=1S/C19H27N5.ClH/c1-13-4-3-5-16-17(13)22-18(15-6-7-15)23-19(16)21-14(2)12-24-10-8-20-9-11-24;/h3-5,14-15,20H,6-12H2,1-2H3,(H,21,22,23);1H/t14-;/m0./s1. The number of para-hydroxylation sites is 1. The summed E-state index contributed by atoms with van der Waals surface area (Å²) in [6, 6.07) is 6.75. The number of piperazine rings is 1. The molecular formula is C19H28ClN5. The fourth-order valence-electron chi connectivity index (χ4n) is 3.51. The number of nitrogens with one attached hydrogen (secondary N) is 2. The highest BCUT2D eigenvalue weighted by Crippen LogP contribution is 2.39. The summed E-state index contributed by atoms with van der Waals surface area (Å²) in [5.74, 6) is 2.60. The minimum atomic E-state index is 0. The minimum Gasteiger partial charge on any atom is -0.366 e. The van der Waals surface area contributed by atoms with Gasteiger partial charge in [0.1, 0.15) is 11.6 Å². The zero-order chi connectivity index (χ0) is 16.5. The van der Waals surface area contributed by atoms with Gasteiger partial charge in [0, 0.05) is 50.1 Å². The normalized spacial score (nSPS) is 19.4. The first-order chi connectivity index (χ1) is 11.7. The summed E-state index contributed by atoms with van der Waals surface area (Å²) in [7, 11) is 0. The molecule has 2 fully saturated rings. The Labute approximate surface area is 156 Å². The summed E-state index contributed by atoms with van der Waals surface area (Å²) in [4.78, 5) is 12.3. The van der Waals surface area contributed by atoms with Crippen molar-refractivity contribution < 1.29 is 0 Å². The van der Waals surface area contributed by atoms with E-state index in [9.17, 15) is 0 Å². The molecule has 25 heavy (non-hydrogen) atoms. The van der Waals surface area contributed by atoms with Crippen LogP contribution in [0.15, 0.2) is 18.2 Å². The molecule has 1 aliphatic heterocycles. The molecular weight excluding hydrogens is 334 g/mol. The van der Waals surface area contributed by atoms with Crippen LogP contribution in [0.2, 0.25) is 0 Å². The Morgan fingerprint density at radius 2 is 2.00 bits per heavy atom. The number of fused-ring (bicyclic) bond motifs is 1. The lowest BCUT2D eigenvalue weighted by atomic mass is 10.1. The molecule has 0 spiro atoms. The van der Waals surface area contributed by atoms with Gasteiger partial charge in [-0.25, -0.2) is 9.97 Å². The molecule has 0 unspecified atom stereocenters. The van der Waals surface area contributed by atoms with Gasteiger partial charge in [-0.3, -0.25) is 4.90 Å². The number of aryl methyl sites for hydroxylation is 1. The van der Waals surface area contributed by atoms with Crippen LogP contribution in [0.4, 0.5) is 5.82 Å². The second kappa shape index (κ2) is 7.85. The number of anilines is 1. The van der Waals surface area contributed by atoms with Gasteiger partial charge >= 0.3 is 0 Å². The highest BCUT2D eigenvalue weighted by Gasteiger charge is 2.28. The number of benzene rings is 1. The first-order valence-corrected chi connectivity index (χ1v) is 9.17. The molecule has 136 valence electrons. The number of halogens is 1. The molecule has 1 saturated carbocycles. The minimum absolute atomic E-state index is 0. The molecule has 0 radical (unpaired) electrons. The van der Waals surface area contributed by atoms with Crippen LogP contribution >= 0.6 is 12.4 Å². The molecule has 1 aromatic carbocycles. The van der Waals surface area contributed by atoms with E-state index in [-0.39, 0.29) is 12.4 Å². The molecule has 2 N–H and O–H groups in total. The van der Waals surface area contributed by atoms with E-state index in [2.05, 4.69) is 47.6 Å². The van der Waals surface area contributed by atoms with Gasteiger partial charge in [-0.2, -0.15) is 0 Å². The lowest BCUT2D eigenvalue weighted by Crippen LogP contribution is -2.47. The average molecular weight is 362 g/mol. The quantitative estimate of drug-likeness (QED) is 0.857. The van der Waals surface area contributed by atoms with Gasteiger partial charge in [0.05, 0.1) is 5.52 Å². The van der Waals surface area contributed by atoms with E-state index in [0.717, 1.165) is 55.3 Å². The van der Waals surface area contributed by atoms with Crippen molar-refractivity contribution in [3.8, 4) is 0 Å². The maximum absolute atomic E-state index is 4.88. The Hall–Kier alpha value is -1.43. The van der Waals surface area contributed by atoms with Crippen LogP contribution in [-0.2, 0) is 0 Å². The zero-order valence-electron chi connectivity index (χ0n) is 15.1.